The second-order valence-corrected chi connectivity index (χ2v) is 9.11. The third-order valence-corrected chi connectivity index (χ3v) is 6.34. The standard InChI is InChI=1S/C26H23ClF4N4O2/c27-20-6-7-22(33-16-20)25(15-17-4-2-1-3-5-17,18-12-19(26(29,30)31)14-21(28)13-18)34-24(37)35-10-8-23(36)32-9-11-35/h1-7,12-14,16H,8-11,15H2,(H,32,36)(H,34,37)/t25-/m0/s1. The molecule has 11 heteroatoms. The molecule has 2 aromatic carbocycles. The van der Waals surface area contributed by atoms with Gasteiger partial charge in [0.1, 0.15) is 11.4 Å². The van der Waals surface area contributed by atoms with Crippen molar-refractivity contribution in [1.29, 1.82) is 0 Å². The first-order valence-corrected chi connectivity index (χ1v) is 11.8. The topological polar surface area (TPSA) is 74.3 Å². The highest BCUT2D eigenvalue weighted by molar-refractivity contribution is 6.30. The Morgan fingerprint density at radius 3 is 2.46 bits per heavy atom. The van der Waals surface area contributed by atoms with Crippen molar-refractivity contribution in [2.24, 2.45) is 0 Å². The molecule has 37 heavy (non-hydrogen) atoms. The Morgan fingerprint density at radius 1 is 1.05 bits per heavy atom. The third-order valence-electron chi connectivity index (χ3n) is 6.11. The molecule has 3 aromatic rings. The molecule has 6 nitrogen and oxygen atoms in total. The van der Waals surface area contributed by atoms with Gasteiger partial charge in [-0.15, -0.1) is 0 Å². The molecule has 0 radical (unpaired) electrons. The van der Waals surface area contributed by atoms with Gasteiger partial charge in [-0.25, -0.2) is 9.18 Å². The van der Waals surface area contributed by atoms with E-state index in [1.165, 1.54) is 23.2 Å². The van der Waals surface area contributed by atoms with Crippen molar-refractivity contribution < 1.29 is 27.2 Å². The molecule has 2 heterocycles. The van der Waals surface area contributed by atoms with Gasteiger partial charge in [-0.2, -0.15) is 13.2 Å². The lowest BCUT2D eigenvalue weighted by molar-refractivity contribution is -0.137. The summed E-state index contributed by atoms with van der Waals surface area (Å²) in [6.45, 7) is 0.503. The third kappa shape index (κ3) is 6.19. The van der Waals surface area contributed by atoms with Crippen LogP contribution in [0.15, 0.2) is 66.9 Å². The first kappa shape index (κ1) is 26.4. The van der Waals surface area contributed by atoms with Crippen molar-refractivity contribution in [3.63, 3.8) is 0 Å². The summed E-state index contributed by atoms with van der Waals surface area (Å²) >= 11 is 6.03. The number of urea groups is 1. The Morgan fingerprint density at radius 2 is 1.78 bits per heavy atom. The summed E-state index contributed by atoms with van der Waals surface area (Å²) in [4.78, 5) is 31.1. The number of aromatic nitrogens is 1. The van der Waals surface area contributed by atoms with E-state index in [-0.39, 0.29) is 54.7 Å². The second-order valence-electron chi connectivity index (χ2n) is 8.67. The lowest BCUT2D eigenvalue weighted by Crippen LogP contribution is -2.54. The zero-order valence-corrected chi connectivity index (χ0v) is 20.2. The van der Waals surface area contributed by atoms with Crippen LogP contribution in [-0.4, -0.2) is 41.5 Å². The number of carbonyl (C=O) groups is 2. The molecule has 0 bridgehead atoms. The minimum absolute atomic E-state index is 0.0417. The highest BCUT2D eigenvalue weighted by Gasteiger charge is 2.41. The predicted molar refractivity (Wildman–Crippen MR) is 129 cm³/mol. The molecule has 194 valence electrons. The molecule has 4 rings (SSSR count). The predicted octanol–water partition coefficient (Wildman–Crippen LogP) is 4.91. The fraction of sp³-hybridized carbons (Fsp3) is 0.269. The Hall–Kier alpha value is -3.66. The Kier molecular flexibility index (Phi) is 7.68. The monoisotopic (exact) mass is 534 g/mol. The number of nitrogens with one attached hydrogen (secondary N) is 2. The summed E-state index contributed by atoms with van der Waals surface area (Å²) in [5.74, 6) is -1.33. The number of carbonyl (C=O) groups excluding carboxylic acids is 2. The molecular formula is C26H23ClF4N4O2. The van der Waals surface area contributed by atoms with Crippen LogP contribution in [0.5, 0.6) is 0 Å². The van der Waals surface area contributed by atoms with E-state index in [1.807, 2.05) is 0 Å². The molecular weight excluding hydrogens is 512 g/mol. The number of pyridine rings is 1. The first-order valence-electron chi connectivity index (χ1n) is 11.4. The second kappa shape index (κ2) is 10.8. The molecule has 1 aromatic heterocycles. The van der Waals surface area contributed by atoms with Gasteiger partial charge in [0, 0.05) is 38.7 Å². The number of hydrogen-bond donors (Lipinski definition) is 2. The maximum absolute atomic E-state index is 14.7. The minimum atomic E-state index is -4.83. The van der Waals surface area contributed by atoms with Gasteiger partial charge in [0.25, 0.3) is 0 Å². The Bertz CT molecular complexity index is 1270. The Balaban J connectivity index is 1.90. The van der Waals surface area contributed by atoms with E-state index in [1.54, 1.807) is 30.3 Å². The van der Waals surface area contributed by atoms with Crippen LogP contribution in [-0.2, 0) is 22.9 Å². The van der Waals surface area contributed by atoms with Gasteiger partial charge in [-0.3, -0.25) is 9.78 Å². The average Bonchev–Trinajstić information content (AvgIpc) is 3.08. The number of alkyl halides is 3. The van der Waals surface area contributed by atoms with Crippen molar-refractivity contribution >= 4 is 23.5 Å². The zero-order chi connectivity index (χ0) is 26.6. The van der Waals surface area contributed by atoms with Crippen LogP contribution in [0.4, 0.5) is 22.4 Å². The van der Waals surface area contributed by atoms with E-state index in [0.717, 1.165) is 12.1 Å². The summed E-state index contributed by atoms with van der Waals surface area (Å²) in [5.41, 5.74) is -2.24. The van der Waals surface area contributed by atoms with E-state index in [4.69, 9.17) is 11.6 Å². The number of amides is 3. The summed E-state index contributed by atoms with van der Waals surface area (Å²) in [6, 6.07) is 13.3. The fourth-order valence-corrected chi connectivity index (χ4v) is 4.39. The van der Waals surface area contributed by atoms with Gasteiger partial charge >= 0.3 is 12.2 Å². The van der Waals surface area contributed by atoms with Gasteiger partial charge in [0.05, 0.1) is 16.3 Å². The zero-order valence-electron chi connectivity index (χ0n) is 19.5. The summed E-state index contributed by atoms with van der Waals surface area (Å²) in [7, 11) is 0. The molecule has 3 amide bonds. The number of nitrogens with zero attached hydrogens (tertiary/aromatic N) is 2. The molecule has 0 aliphatic carbocycles. The van der Waals surface area contributed by atoms with E-state index in [2.05, 4.69) is 15.6 Å². The van der Waals surface area contributed by atoms with Gasteiger partial charge in [-0.1, -0.05) is 41.9 Å². The van der Waals surface area contributed by atoms with E-state index >= 15 is 0 Å². The fourth-order valence-electron chi connectivity index (χ4n) is 4.28. The molecule has 1 atom stereocenters. The number of benzene rings is 2. The quantitative estimate of drug-likeness (QED) is 0.457. The number of rotatable bonds is 5. The highest BCUT2D eigenvalue weighted by atomic mass is 35.5. The van der Waals surface area contributed by atoms with Crippen molar-refractivity contribution in [3.05, 3.63) is 100 Å². The molecule has 0 saturated carbocycles. The van der Waals surface area contributed by atoms with E-state index < -0.39 is 29.1 Å². The normalized spacial score (nSPS) is 15.9. The molecule has 0 spiro atoms. The summed E-state index contributed by atoms with van der Waals surface area (Å²) < 4.78 is 55.8. The molecule has 1 aliphatic heterocycles. The smallest absolute Gasteiger partial charge is 0.354 e. The SMILES string of the molecule is O=C1CCN(C(=O)N[C@@](Cc2ccccc2)(c2cc(F)cc(C(F)(F)F)c2)c2ccc(Cl)cn2)CCN1. The number of halogens is 5. The molecule has 2 N–H and O–H groups in total. The first-order chi connectivity index (χ1) is 17.6. The molecule has 1 fully saturated rings. The van der Waals surface area contributed by atoms with E-state index in [0.29, 0.717) is 11.6 Å². The van der Waals surface area contributed by atoms with Crippen LogP contribution in [0.1, 0.15) is 28.8 Å². The maximum atomic E-state index is 14.7. The summed E-state index contributed by atoms with van der Waals surface area (Å²) in [5, 5.41) is 5.80. The largest absolute Gasteiger partial charge is 0.416 e. The van der Waals surface area contributed by atoms with Crippen LogP contribution in [0, 0.1) is 5.82 Å². The van der Waals surface area contributed by atoms with Crippen LogP contribution in [0.25, 0.3) is 0 Å². The van der Waals surface area contributed by atoms with Gasteiger partial charge < -0.3 is 15.5 Å². The Labute approximate surface area is 215 Å². The van der Waals surface area contributed by atoms with Crippen molar-refractivity contribution in [1.82, 2.24) is 20.5 Å². The summed E-state index contributed by atoms with van der Waals surface area (Å²) in [6.07, 6.45) is -3.50. The van der Waals surface area contributed by atoms with Crippen molar-refractivity contribution in [2.45, 2.75) is 24.6 Å². The highest BCUT2D eigenvalue weighted by Crippen LogP contribution is 2.38. The van der Waals surface area contributed by atoms with Gasteiger partial charge in [-0.05, 0) is 41.5 Å². The van der Waals surface area contributed by atoms with Crippen LogP contribution >= 0.6 is 11.6 Å². The molecule has 1 aliphatic rings. The van der Waals surface area contributed by atoms with Gasteiger partial charge in [0.2, 0.25) is 5.91 Å². The van der Waals surface area contributed by atoms with Crippen LogP contribution in [0.3, 0.4) is 0 Å². The lowest BCUT2D eigenvalue weighted by Gasteiger charge is -2.37. The maximum Gasteiger partial charge on any atom is 0.416 e. The lowest BCUT2D eigenvalue weighted by atomic mass is 9.79. The van der Waals surface area contributed by atoms with Crippen molar-refractivity contribution in [2.75, 3.05) is 19.6 Å². The van der Waals surface area contributed by atoms with Gasteiger partial charge in [0.15, 0.2) is 0 Å². The van der Waals surface area contributed by atoms with Crippen LogP contribution < -0.4 is 10.6 Å². The average molecular weight is 535 g/mol. The van der Waals surface area contributed by atoms with Crippen LogP contribution in [0.2, 0.25) is 5.02 Å². The minimum Gasteiger partial charge on any atom is -0.354 e. The molecule has 0 unspecified atom stereocenters. The molecule has 1 saturated heterocycles. The van der Waals surface area contributed by atoms with E-state index in [9.17, 15) is 27.2 Å². The van der Waals surface area contributed by atoms with Crippen molar-refractivity contribution in [3.8, 4) is 0 Å². The number of hydrogen-bond acceptors (Lipinski definition) is 3.